The lowest BCUT2D eigenvalue weighted by atomic mass is 10.0. The highest BCUT2D eigenvalue weighted by Gasteiger charge is 2.23. The molecule has 1 aliphatic heterocycles. The smallest absolute Gasteiger partial charge is 0.101 e. The lowest BCUT2D eigenvalue weighted by molar-refractivity contribution is -0.00211. The first-order chi connectivity index (χ1) is 7.90. The maximum absolute atomic E-state index is 5.77. The molecule has 1 N–H and O–H groups in total. The SMILES string of the molecule is CCCNC1CCOC(c2ccccn2)C1. The van der Waals surface area contributed by atoms with E-state index in [0.29, 0.717) is 6.04 Å². The van der Waals surface area contributed by atoms with Gasteiger partial charge in [-0.3, -0.25) is 4.98 Å². The topological polar surface area (TPSA) is 34.1 Å². The first-order valence-corrected chi connectivity index (χ1v) is 6.16. The van der Waals surface area contributed by atoms with E-state index < -0.39 is 0 Å². The van der Waals surface area contributed by atoms with E-state index in [1.165, 1.54) is 6.42 Å². The minimum atomic E-state index is 0.171. The van der Waals surface area contributed by atoms with E-state index in [1.807, 2.05) is 24.4 Å². The van der Waals surface area contributed by atoms with E-state index in [2.05, 4.69) is 17.2 Å². The Morgan fingerprint density at radius 1 is 1.50 bits per heavy atom. The van der Waals surface area contributed by atoms with Gasteiger partial charge in [-0.25, -0.2) is 0 Å². The van der Waals surface area contributed by atoms with Crippen LogP contribution in [0.4, 0.5) is 0 Å². The molecule has 0 radical (unpaired) electrons. The predicted octanol–water partition coefficient (Wildman–Crippen LogP) is 2.30. The summed E-state index contributed by atoms with van der Waals surface area (Å²) < 4.78 is 5.77. The predicted molar refractivity (Wildman–Crippen MR) is 64.2 cm³/mol. The molecule has 0 spiro atoms. The van der Waals surface area contributed by atoms with Crippen LogP contribution in [-0.4, -0.2) is 24.2 Å². The van der Waals surface area contributed by atoms with Gasteiger partial charge in [0.2, 0.25) is 0 Å². The second kappa shape index (κ2) is 5.97. The molecular formula is C13H20N2O. The van der Waals surface area contributed by atoms with Gasteiger partial charge in [0.15, 0.2) is 0 Å². The van der Waals surface area contributed by atoms with E-state index in [0.717, 1.165) is 31.7 Å². The van der Waals surface area contributed by atoms with Gasteiger partial charge in [0.05, 0.1) is 5.69 Å². The van der Waals surface area contributed by atoms with E-state index in [4.69, 9.17) is 4.74 Å². The van der Waals surface area contributed by atoms with E-state index in [9.17, 15) is 0 Å². The molecular weight excluding hydrogens is 200 g/mol. The quantitative estimate of drug-likeness (QED) is 0.845. The number of nitrogens with zero attached hydrogens (tertiary/aromatic N) is 1. The molecule has 1 aromatic rings. The Bertz CT molecular complexity index is 302. The molecule has 0 aromatic carbocycles. The summed E-state index contributed by atoms with van der Waals surface area (Å²) in [5.74, 6) is 0. The molecule has 1 aliphatic rings. The van der Waals surface area contributed by atoms with E-state index in [1.54, 1.807) is 0 Å². The molecule has 0 aliphatic carbocycles. The minimum absolute atomic E-state index is 0.171. The third-order valence-electron chi connectivity index (χ3n) is 2.98. The summed E-state index contributed by atoms with van der Waals surface area (Å²) in [7, 11) is 0. The van der Waals surface area contributed by atoms with Gasteiger partial charge in [-0.05, 0) is 37.9 Å². The van der Waals surface area contributed by atoms with Crippen molar-refractivity contribution in [3.63, 3.8) is 0 Å². The van der Waals surface area contributed by atoms with Crippen LogP contribution in [0.1, 0.15) is 38.0 Å². The Labute approximate surface area is 97.2 Å². The number of hydrogen-bond acceptors (Lipinski definition) is 3. The fraction of sp³-hybridized carbons (Fsp3) is 0.615. The van der Waals surface area contributed by atoms with Crippen LogP contribution in [0.2, 0.25) is 0 Å². The van der Waals surface area contributed by atoms with Crippen LogP contribution < -0.4 is 5.32 Å². The lowest BCUT2D eigenvalue weighted by Gasteiger charge is -2.29. The third kappa shape index (κ3) is 3.03. The Kier molecular flexibility index (Phi) is 4.31. The Morgan fingerprint density at radius 2 is 2.44 bits per heavy atom. The monoisotopic (exact) mass is 220 g/mol. The molecule has 0 amide bonds. The maximum atomic E-state index is 5.77. The zero-order chi connectivity index (χ0) is 11.2. The highest BCUT2D eigenvalue weighted by molar-refractivity contribution is 5.08. The number of aromatic nitrogens is 1. The number of rotatable bonds is 4. The molecule has 3 heteroatoms. The van der Waals surface area contributed by atoms with Crippen molar-refractivity contribution in [2.45, 2.75) is 38.3 Å². The summed E-state index contributed by atoms with van der Waals surface area (Å²) in [4.78, 5) is 4.36. The van der Waals surface area contributed by atoms with Gasteiger partial charge in [-0.15, -0.1) is 0 Å². The normalized spacial score (nSPS) is 25.6. The molecule has 1 aromatic heterocycles. The molecule has 3 nitrogen and oxygen atoms in total. The summed E-state index contributed by atoms with van der Waals surface area (Å²) in [5.41, 5.74) is 1.06. The molecule has 2 unspecified atom stereocenters. The summed E-state index contributed by atoms with van der Waals surface area (Å²) in [6.07, 6.45) is 5.34. The van der Waals surface area contributed by atoms with Gasteiger partial charge in [-0.1, -0.05) is 13.0 Å². The lowest BCUT2D eigenvalue weighted by Crippen LogP contribution is -2.36. The molecule has 1 saturated heterocycles. The standard InChI is InChI=1S/C13H20N2O/c1-2-7-14-11-6-9-16-13(10-11)12-5-3-4-8-15-12/h3-5,8,11,13-14H,2,6-7,9-10H2,1H3. The highest BCUT2D eigenvalue weighted by Crippen LogP contribution is 2.26. The van der Waals surface area contributed by atoms with Crippen LogP contribution in [0, 0.1) is 0 Å². The Balaban J connectivity index is 1.91. The van der Waals surface area contributed by atoms with Crippen molar-refractivity contribution in [2.24, 2.45) is 0 Å². The van der Waals surface area contributed by atoms with Gasteiger partial charge in [-0.2, -0.15) is 0 Å². The van der Waals surface area contributed by atoms with Crippen molar-refractivity contribution in [3.05, 3.63) is 30.1 Å². The van der Waals surface area contributed by atoms with Gasteiger partial charge >= 0.3 is 0 Å². The van der Waals surface area contributed by atoms with Crippen LogP contribution in [0.25, 0.3) is 0 Å². The van der Waals surface area contributed by atoms with Crippen molar-refractivity contribution >= 4 is 0 Å². The highest BCUT2D eigenvalue weighted by atomic mass is 16.5. The molecule has 2 rings (SSSR count). The zero-order valence-corrected chi connectivity index (χ0v) is 9.86. The fourth-order valence-corrected chi connectivity index (χ4v) is 2.10. The van der Waals surface area contributed by atoms with Gasteiger partial charge in [0.1, 0.15) is 6.10 Å². The summed E-state index contributed by atoms with van der Waals surface area (Å²) >= 11 is 0. The molecule has 2 atom stereocenters. The number of pyridine rings is 1. The van der Waals surface area contributed by atoms with Crippen LogP contribution in [-0.2, 0) is 4.74 Å². The molecule has 0 saturated carbocycles. The van der Waals surface area contributed by atoms with Gasteiger partial charge in [0, 0.05) is 18.8 Å². The molecule has 88 valence electrons. The first kappa shape index (κ1) is 11.6. The zero-order valence-electron chi connectivity index (χ0n) is 9.86. The van der Waals surface area contributed by atoms with Crippen LogP contribution in [0.3, 0.4) is 0 Å². The van der Waals surface area contributed by atoms with Crippen molar-refractivity contribution in [1.29, 1.82) is 0 Å². The molecule has 1 fully saturated rings. The minimum Gasteiger partial charge on any atom is -0.372 e. The average Bonchev–Trinajstić information content (AvgIpc) is 2.38. The van der Waals surface area contributed by atoms with Gasteiger partial charge < -0.3 is 10.1 Å². The molecule has 2 heterocycles. The largest absolute Gasteiger partial charge is 0.372 e. The van der Waals surface area contributed by atoms with Crippen molar-refractivity contribution in [1.82, 2.24) is 10.3 Å². The van der Waals surface area contributed by atoms with Crippen LogP contribution in [0.15, 0.2) is 24.4 Å². The molecule has 0 bridgehead atoms. The second-order valence-corrected chi connectivity index (χ2v) is 4.29. The molecule has 16 heavy (non-hydrogen) atoms. The van der Waals surface area contributed by atoms with Crippen LogP contribution in [0.5, 0.6) is 0 Å². The number of nitrogens with one attached hydrogen (secondary N) is 1. The Hall–Kier alpha value is -0.930. The van der Waals surface area contributed by atoms with Crippen molar-refractivity contribution < 1.29 is 4.74 Å². The van der Waals surface area contributed by atoms with Crippen molar-refractivity contribution in [2.75, 3.05) is 13.2 Å². The fourth-order valence-electron chi connectivity index (χ4n) is 2.10. The summed E-state index contributed by atoms with van der Waals surface area (Å²) in [6, 6.07) is 6.60. The van der Waals surface area contributed by atoms with Crippen LogP contribution >= 0.6 is 0 Å². The van der Waals surface area contributed by atoms with E-state index >= 15 is 0 Å². The van der Waals surface area contributed by atoms with Crippen molar-refractivity contribution in [3.8, 4) is 0 Å². The number of ether oxygens (including phenoxy) is 1. The Morgan fingerprint density at radius 3 is 3.19 bits per heavy atom. The summed E-state index contributed by atoms with van der Waals surface area (Å²) in [5, 5.41) is 3.56. The van der Waals surface area contributed by atoms with E-state index in [-0.39, 0.29) is 6.10 Å². The first-order valence-electron chi connectivity index (χ1n) is 6.16. The average molecular weight is 220 g/mol. The second-order valence-electron chi connectivity index (χ2n) is 4.29. The third-order valence-corrected chi connectivity index (χ3v) is 2.98. The van der Waals surface area contributed by atoms with Gasteiger partial charge in [0.25, 0.3) is 0 Å². The maximum Gasteiger partial charge on any atom is 0.101 e. The summed E-state index contributed by atoms with van der Waals surface area (Å²) in [6.45, 7) is 4.13. The number of hydrogen-bond donors (Lipinski definition) is 1.